The number of likely N-dealkylation sites (tertiary alicyclic amines) is 1. The van der Waals surface area contributed by atoms with Gasteiger partial charge in [0.25, 0.3) is 5.91 Å². The SMILES string of the molecule is O=C1C2CN(c3ccccc3)CCN2C(=O)N1OC(=O)N1C2CCC1CN(CC(F)(F)F)C2. The quantitative estimate of drug-likeness (QED) is 0.633. The van der Waals surface area contributed by atoms with E-state index in [9.17, 15) is 27.6 Å². The van der Waals surface area contributed by atoms with Gasteiger partial charge in [-0.1, -0.05) is 23.3 Å². The molecule has 4 aliphatic heterocycles. The van der Waals surface area contributed by atoms with E-state index in [0.717, 1.165) is 5.69 Å². The minimum absolute atomic E-state index is 0.0772. The molecule has 4 fully saturated rings. The molecule has 0 radical (unpaired) electrons. The molecule has 4 saturated heterocycles. The Morgan fingerprint density at radius 2 is 1.67 bits per heavy atom. The molecule has 4 heterocycles. The van der Waals surface area contributed by atoms with Crippen LogP contribution in [0.15, 0.2) is 30.3 Å². The number of rotatable bonds is 3. The minimum atomic E-state index is -4.31. The molecule has 3 atom stereocenters. The van der Waals surface area contributed by atoms with Crippen molar-refractivity contribution in [2.24, 2.45) is 0 Å². The number of halogens is 3. The molecular formula is C21H24F3N5O4. The third-order valence-corrected chi connectivity index (χ3v) is 6.75. The maximum absolute atomic E-state index is 12.9. The molecule has 0 aliphatic carbocycles. The van der Waals surface area contributed by atoms with Gasteiger partial charge in [0, 0.05) is 50.5 Å². The van der Waals surface area contributed by atoms with E-state index in [1.54, 1.807) is 0 Å². The largest absolute Gasteiger partial charge is 0.435 e. The van der Waals surface area contributed by atoms with Crippen molar-refractivity contribution in [3.05, 3.63) is 30.3 Å². The first kappa shape index (κ1) is 21.8. The Balaban J connectivity index is 1.24. The smallest absolute Gasteiger partial charge is 0.367 e. The van der Waals surface area contributed by atoms with Gasteiger partial charge in [-0.2, -0.15) is 13.2 Å². The second-order valence-electron chi connectivity index (χ2n) is 8.86. The van der Waals surface area contributed by atoms with Gasteiger partial charge in [0.05, 0.1) is 6.54 Å². The number of hydrogen-bond donors (Lipinski definition) is 0. The van der Waals surface area contributed by atoms with Crippen molar-refractivity contribution in [3.8, 4) is 0 Å². The van der Waals surface area contributed by atoms with E-state index in [4.69, 9.17) is 4.84 Å². The van der Waals surface area contributed by atoms with Crippen molar-refractivity contribution in [3.63, 3.8) is 0 Å². The summed E-state index contributed by atoms with van der Waals surface area (Å²) in [6.07, 6.45) is -4.07. The molecule has 12 heteroatoms. The van der Waals surface area contributed by atoms with Crippen molar-refractivity contribution in [1.82, 2.24) is 19.8 Å². The van der Waals surface area contributed by atoms with Crippen molar-refractivity contribution >= 4 is 23.7 Å². The monoisotopic (exact) mass is 467 g/mol. The Kier molecular flexibility index (Phi) is 5.34. The molecule has 2 bridgehead atoms. The summed E-state index contributed by atoms with van der Waals surface area (Å²) in [5.41, 5.74) is 0.932. The molecule has 4 aliphatic rings. The van der Waals surface area contributed by atoms with Crippen LogP contribution in [0.5, 0.6) is 0 Å². The summed E-state index contributed by atoms with van der Waals surface area (Å²) in [6, 6.07) is 7.17. The molecule has 3 unspecified atom stereocenters. The summed E-state index contributed by atoms with van der Waals surface area (Å²) in [5, 5.41) is 0.517. The van der Waals surface area contributed by atoms with Crippen LogP contribution in [0, 0.1) is 0 Å². The number of para-hydroxylation sites is 1. The van der Waals surface area contributed by atoms with Crippen LogP contribution in [-0.4, -0.2) is 101 Å². The molecule has 0 saturated carbocycles. The normalized spacial score (nSPS) is 27.9. The lowest BCUT2D eigenvalue weighted by molar-refractivity contribution is -0.158. The van der Waals surface area contributed by atoms with Gasteiger partial charge >= 0.3 is 18.3 Å². The van der Waals surface area contributed by atoms with E-state index in [2.05, 4.69) is 0 Å². The number of fused-ring (bicyclic) bond motifs is 3. The number of piperazine rings is 2. The highest BCUT2D eigenvalue weighted by atomic mass is 19.4. The van der Waals surface area contributed by atoms with E-state index in [1.165, 1.54) is 14.7 Å². The molecule has 4 amide bonds. The Bertz CT molecular complexity index is 932. The van der Waals surface area contributed by atoms with Gasteiger partial charge in [-0.25, -0.2) is 9.59 Å². The lowest BCUT2D eigenvalue weighted by Crippen LogP contribution is -2.58. The van der Waals surface area contributed by atoms with Crippen LogP contribution in [0.2, 0.25) is 0 Å². The Labute approximate surface area is 188 Å². The summed E-state index contributed by atoms with van der Waals surface area (Å²) in [4.78, 5) is 49.9. The first-order valence-corrected chi connectivity index (χ1v) is 11.0. The van der Waals surface area contributed by atoms with Gasteiger partial charge in [-0.3, -0.25) is 14.6 Å². The first-order valence-electron chi connectivity index (χ1n) is 11.0. The highest BCUT2D eigenvalue weighted by Crippen LogP contribution is 2.33. The zero-order valence-electron chi connectivity index (χ0n) is 17.8. The summed E-state index contributed by atoms with van der Waals surface area (Å²) in [5.74, 6) is -0.614. The van der Waals surface area contributed by atoms with Gasteiger partial charge in [0.1, 0.15) is 6.04 Å². The van der Waals surface area contributed by atoms with Gasteiger partial charge in [0.2, 0.25) is 0 Å². The van der Waals surface area contributed by atoms with Crippen LogP contribution < -0.4 is 4.90 Å². The van der Waals surface area contributed by atoms with E-state index in [-0.39, 0.29) is 19.6 Å². The topological polar surface area (TPSA) is 76.6 Å². The van der Waals surface area contributed by atoms with E-state index in [1.807, 2.05) is 35.2 Å². The number of carbonyl (C=O) groups is 3. The Morgan fingerprint density at radius 1 is 1.00 bits per heavy atom. The number of urea groups is 1. The number of carbonyl (C=O) groups excluding carboxylic acids is 3. The van der Waals surface area contributed by atoms with Gasteiger partial charge in [-0.15, -0.1) is 0 Å². The van der Waals surface area contributed by atoms with Gasteiger partial charge in [0.15, 0.2) is 0 Å². The number of hydrogen-bond acceptors (Lipinski definition) is 6. The maximum atomic E-state index is 12.9. The Hall–Kier alpha value is -3.02. The van der Waals surface area contributed by atoms with Crippen LogP contribution in [0.25, 0.3) is 0 Å². The third-order valence-electron chi connectivity index (χ3n) is 6.75. The first-order chi connectivity index (χ1) is 15.7. The van der Waals surface area contributed by atoms with Crippen LogP contribution in [0.4, 0.5) is 28.4 Å². The van der Waals surface area contributed by atoms with E-state index in [0.29, 0.717) is 31.0 Å². The molecule has 9 nitrogen and oxygen atoms in total. The van der Waals surface area contributed by atoms with Crippen LogP contribution in [-0.2, 0) is 9.63 Å². The number of hydroxylamine groups is 2. The molecule has 5 rings (SSSR count). The molecule has 0 N–H and O–H groups in total. The molecule has 1 aromatic rings. The second kappa shape index (κ2) is 8.08. The summed E-state index contributed by atoms with van der Waals surface area (Å²) < 4.78 is 38.3. The van der Waals surface area contributed by atoms with E-state index < -0.39 is 48.9 Å². The van der Waals surface area contributed by atoms with Crippen molar-refractivity contribution in [1.29, 1.82) is 0 Å². The van der Waals surface area contributed by atoms with Crippen LogP contribution in [0.3, 0.4) is 0 Å². The molecular weight excluding hydrogens is 443 g/mol. The number of nitrogens with zero attached hydrogens (tertiary/aromatic N) is 5. The number of imide groups is 1. The molecule has 0 aromatic heterocycles. The summed E-state index contributed by atoms with van der Waals surface area (Å²) >= 11 is 0. The number of benzene rings is 1. The average molecular weight is 467 g/mol. The molecule has 33 heavy (non-hydrogen) atoms. The number of anilines is 1. The maximum Gasteiger partial charge on any atom is 0.435 e. The van der Waals surface area contributed by atoms with Crippen molar-refractivity contribution < 1.29 is 32.4 Å². The van der Waals surface area contributed by atoms with Crippen LogP contribution >= 0.6 is 0 Å². The Morgan fingerprint density at radius 3 is 2.30 bits per heavy atom. The van der Waals surface area contributed by atoms with Crippen molar-refractivity contribution in [2.75, 3.05) is 44.2 Å². The van der Waals surface area contributed by atoms with Crippen LogP contribution in [0.1, 0.15) is 12.8 Å². The van der Waals surface area contributed by atoms with E-state index >= 15 is 0 Å². The number of amides is 4. The average Bonchev–Trinajstić information content (AvgIpc) is 3.18. The predicted octanol–water partition coefficient (Wildman–Crippen LogP) is 1.90. The summed E-state index contributed by atoms with van der Waals surface area (Å²) in [6.45, 7) is 0.248. The second-order valence-corrected chi connectivity index (χ2v) is 8.86. The van der Waals surface area contributed by atoms with Gasteiger partial charge < -0.3 is 14.6 Å². The fraction of sp³-hybridized carbons (Fsp3) is 0.571. The highest BCUT2D eigenvalue weighted by Gasteiger charge is 2.52. The highest BCUT2D eigenvalue weighted by molar-refractivity contribution is 6.04. The lowest BCUT2D eigenvalue weighted by Gasteiger charge is -2.40. The zero-order chi connectivity index (χ0) is 23.3. The molecule has 178 valence electrons. The standard InChI is InChI=1S/C21H24F3N5O4/c22-21(23,24)13-25-10-15-6-7-16(11-25)28(15)20(32)33-29-18(30)17-12-26(8-9-27(17)19(29)31)14-4-2-1-3-5-14/h1-5,15-17H,6-13H2. The minimum Gasteiger partial charge on any atom is -0.367 e. The zero-order valence-corrected chi connectivity index (χ0v) is 17.8. The van der Waals surface area contributed by atoms with Gasteiger partial charge in [-0.05, 0) is 25.0 Å². The lowest BCUT2D eigenvalue weighted by atomic mass is 10.1. The fourth-order valence-corrected chi connectivity index (χ4v) is 5.32. The fourth-order valence-electron chi connectivity index (χ4n) is 5.32. The predicted molar refractivity (Wildman–Crippen MR) is 109 cm³/mol. The molecule has 1 aromatic carbocycles. The molecule has 0 spiro atoms. The third kappa shape index (κ3) is 4.07. The summed E-state index contributed by atoms with van der Waals surface area (Å²) in [7, 11) is 0. The number of alkyl halides is 3. The van der Waals surface area contributed by atoms with Crippen molar-refractivity contribution in [2.45, 2.75) is 37.1 Å².